The van der Waals surface area contributed by atoms with Crippen LogP contribution < -0.4 is 10.9 Å². The number of rotatable bonds is 6. The van der Waals surface area contributed by atoms with Crippen molar-refractivity contribution in [2.45, 2.75) is 26.8 Å². The average Bonchev–Trinajstić information content (AvgIpc) is 2.20. The molecule has 3 nitrogen and oxygen atoms in total. The molecule has 0 saturated carbocycles. The third kappa shape index (κ3) is 4.79. The third-order valence-corrected chi connectivity index (χ3v) is 2.33. The molecule has 84 valence electrons. The second-order valence-corrected chi connectivity index (χ2v) is 4.16. The standard InChI is InChI=1S/C12H20N2O/c1-11(2)6-7-13-8-10-14-9-4-3-5-12(14)15/h3-5,9,11,13H,6-8,10H2,1-2H3. The maximum atomic E-state index is 11.3. The minimum atomic E-state index is 0.0724. The summed E-state index contributed by atoms with van der Waals surface area (Å²) in [7, 11) is 0. The van der Waals surface area contributed by atoms with Crippen molar-refractivity contribution >= 4 is 0 Å². The maximum absolute atomic E-state index is 11.3. The summed E-state index contributed by atoms with van der Waals surface area (Å²) >= 11 is 0. The number of hydrogen-bond acceptors (Lipinski definition) is 2. The van der Waals surface area contributed by atoms with E-state index in [-0.39, 0.29) is 5.56 Å². The second kappa shape index (κ2) is 6.40. The minimum absolute atomic E-state index is 0.0724. The Morgan fingerprint density at radius 2 is 2.13 bits per heavy atom. The van der Waals surface area contributed by atoms with E-state index in [1.54, 1.807) is 16.7 Å². The van der Waals surface area contributed by atoms with Gasteiger partial charge in [0.1, 0.15) is 0 Å². The van der Waals surface area contributed by atoms with Crippen molar-refractivity contribution in [3.8, 4) is 0 Å². The zero-order chi connectivity index (χ0) is 11.1. The van der Waals surface area contributed by atoms with Crippen LogP contribution in [0, 0.1) is 5.92 Å². The smallest absolute Gasteiger partial charge is 0.250 e. The monoisotopic (exact) mass is 208 g/mol. The van der Waals surface area contributed by atoms with E-state index in [0.29, 0.717) is 0 Å². The van der Waals surface area contributed by atoms with E-state index >= 15 is 0 Å². The Morgan fingerprint density at radius 3 is 2.80 bits per heavy atom. The molecule has 0 aliphatic heterocycles. The van der Waals surface area contributed by atoms with E-state index in [1.165, 1.54) is 6.42 Å². The molecule has 0 aliphatic carbocycles. The van der Waals surface area contributed by atoms with Gasteiger partial charge in [-0.3, -0.25) is 4.79 Å². The number of hydrogen-bond donors (Lipinski definition) is 1. The van der Waals surface area contributed by atoms with Crippen molar-refractivity contribution < 1.29 is 0 Å². The number of nitrogens with zero attached hydrogens (tertiary/aromatic N) is 1. The molecule has 1 rings (SSSR count). The summed E-state index contributed by atoms with van der Waals surface area (Å²) in [6.07, 6.45) is 3.01. The van der Waals surface area contributed by atoms with Crippen LogP contribution in [0.3, 0.4) is 0 Å². The predicted molar refractivity (Wildman–Crippen MR) is 63.0 cm³/mol. The van der Waals surface area contributed by atoms with Crippen molar-refractivity contribution in [1.82, 2.24) is 9.88 Å². The lowest BCUT2D eigenvalue weighted by molar-refractivity contribution is 0.516. The Morgan fingerprint density at radius 1 is 1.33 bits per heavy atom. The van der Waals surface area contributed by atoms with Gasteiger partial charge in [-0.2, -0.15) is 0 Å². The molecule has 0 atom stereocenters. The summed E-state index contributed by atoms with van der Waals surface area (Å²) in [4.78, 5) is 11.3. The van der Waals surface area contributed by atoms with Crippen LogP contribution in [0.4, 0.5) is 0 Å². The summed E-state index contributed by atoms with van der Waals surface area (Å²) in [6, 6.07) is 5.24. The molecule has 0 amide bonds. The zero-order valence-electron chi connectivity index (χ0n) is 9.57. The molecule has 0 saturated heterocycles. The van der Waals surface area contributed by atoms with Gasteiger partial charge in [-0.25, -0.2) is 0 Å². The first kappa shape index (κ1) is 12.0. The van der Waals surface area contributed by atoms with E-state index in [2.05, 4.69) is 19.2 Å². The van der Waals surface area contributed by atoms with Gasteiger partial charge in [0, 0.05) is 25.4 Å². The first-order chi connectivity index (χ1) is 7.20. The quantitative estimate of drug-likeness (QED) is 0.719. The van der Waals surface area contributed by atoms with Gasteiger partial charge < -0.3 is 9.88 Å². The fourth-order valence-corrected chi connectivity index (χ4v) is 1.36. The third-order valence-electron chi connectivity index (χ3n) is 2.33. The zero-order valence-corrected chi connectivity index (χ0v) is 9.57. The molecular formula is C12H20N2O. The summed E-state index contributed by atoms with van der Waals surface area (Å²) < 4.78 is 1.72. The SMILES string of the molecule is CC(C)CCNCCn1ccccc1=O. The molecule has 15 heavy (non-hydrogen) atoms. The first-order valence-corrected chi connectivity index (χ1v) is 5.56. The largest absolute Gasteiger partial charge is 0.315 e. The second-order valence-electron chi connectivity index (χ2n) is 4.16. The van der Waals surface area contributed by atoms with E-state index in [1.807, 2.05) is 12.3 Å². The minimum Gasteiger partial charge on any atom is -0.315 e. The van der Waals surface area contributed by atoms with Crippen molar-refractivity contribution in [2.75, 3.05) is 13.1 Å². The van der Waals surface area contributed by atoms with Crippen LogP contribution in [-0.2, 0) is 6.54 Å². The van der Waals surface area contributed by atoms with Gasteiger partial charge in [0.15, 0.2) is 0 Å². The van der Waals surface area contributed by atoms with E-state index in [9.17, 15) is 4.79 Å². The van der Waals surface area contributed by atoms with Crippen LogP contribution >= 0.6 is 0 Å². The van der Waals surface area contributed by atoms with Gasteiger partial charge >= 0.3 is 0 Å². The average molecular weight is 208 g/mol. The Balaban J connectivity index is 2.21. The Bertz CT molecular complexity index is 330. The van der Waals surface area contributed by atoms with E-state index in [4.69, 9.17) is 0 Å². The van der Waals surface area contributed by atoms with Crippen LogP contribution in [-0.4, -0.2) is 17.7 Å². The van der Waals surface area contributed by atoms with Crippen LogP contribution in [0.15, 0.2) is 29.2 Å². The predicted octanol–water partition coefficient (Wildman–Crippen LogP) is 1.48. The maximum Gasteiger partial charge on any atom is 0.250 e. The van der Waals surface area contributed by atoms with E-state index < -0.39 is 0 Å². The summed E-state index contributed by atoms with van der Waals surface area (Å²) in [5.74, 6) is 0.733. The Kier molecular flexibility index (Phi) is 5.12. The molecule has 0 fully saturated rings. The summed E-state index contributed by atoms with van der Waals surface area (Å²) in [6.45, 7) is 7.06. The molecule has 0 aromatic carbocycles. The van der Waals surface area contributed by atoms with Crippen LogP contribution in [0.1, 0.15) is 20.3 Å². The van der Waals surface area contributed by atoms with Gasteiger partial charge in [0.2, 0.25) is 0 Å². The molecule has 0 radical (unpaired) electrons. The van der Waals surface area contributed by atoms with Crippen molar-refractivity contribution in [2.24, 2.45) is 5.92 Å². The number of nitrogens with one attached hydrogen (secondary N) is 1. The molecule has 1 aromatic heterocycles. The van der Waals surface area contributed by atoms with Crippen LogP contribution in [0.5, 0.6) is 0 Å². The van der Waals surface area contributed by atoms with Crippen LogP contribution in [0.25, 0.3) is 0 Å². The van der Waals surface area contributed by atoms with Gasteiger partial charge in [0.05, 0.1) is 0 Å². The molecule has 1 aromatic rings. The molecule has 1 heterocycles. The first-order valence-electron chi connectivity index (χ1n) is 5.56. The fourth-order valence-electron chi connectivity index (χ4n) is 1.36. The highest BCUT2D eigenvalue weighted by Crippen LogP contribution is 1.95. The molecule has 0 unspecified atom stereocenters. The molecular weight excluding hydrogens is 188 g/mol. The van der Waals surface area contributed by atoms with Crippen molar-refractivity contribution in [1.29, 1.82) is 0 Å². The lowest BCUT2D eigenvalue weighted by Crippen LogP contribution is -2.27. The summed E-state index contributed by atoms with van der Waals surface area (Å²) in [5.41, 5.74) is 0.0724. The van der Waals surface area contributed by atoms with Gasteiger partial charge in [0.25, 0.3) is 5.56 Å². The number of pyridine rings is 1. The van der Waals surface area contributed by atoms with Gasteiger partial charge in [-0.05, 0) is 24.9 Å². The van der Waals surface area contributed by atoms with Gasteiger partial charge in [-0.15, -0.1) is 0 Å². The molecule has 0 aliphatic rings. The molecule has 3 heteroatoms. The fraction of sp³-hybridized carbons (Fsp3) is 0.583. The molecule has 1 N–H and O–H groups in total. The topological polar surface area (TPSA) is 34.0 Å². The molecule has 0 spiro atoms. The Hall–Kier alpha value is -1.09. The lowest BCUT2D eigenvalue weighted by atomic mass is 10.1. The van der Waals surface area contributed by atoms with E-state index in [0.717, 1.165) is 25.6 Å². The van der Waals surface area contributed by atoms with Crippen molar-refractivity contribution in [3.63, 3.8) is 0 Å². The highest BCUT2D eigenvalue weighted by Gasteiger charge is 1.95. The lowest BCUT2D eigenvalue weighted by Gasteiger charge is -2.08. The summed E-state index contributed by atoms with van der Waals surface area (Å²) in [5, 5.41) is 3.33. The normalized spacial score (nSPS) is 10.9. The Labute approximate surface area is 91.1 Å². The highest BCUT2D eigenvalue weighted by molar-refractivity contribution is 4.93. The van der Waals surface area contributed by atoms with Crippen molar-refractivity contribution in [3.05, 3.63) is 34.7 Å². The number of aromatic nitrogens is 1. The van der Waals surface area contributed by atoms with Crippen LogP contribution in [0.2, 0.25) is 0 Å². The highest BCUT2D eigenvalue weighted by atomic mass is 16.1. The molecule has 0 bridgehead atoms. The van der Waals surface area contributed by atoms with Gasteiger partial charge in [-0.1, -0.05) is 19.9 Å².